The molecule has 0 radical (unpaired) electrons. The van der Waals surface area contributed by atoms with Gasteiger partial charge in [-0.25, -0.2) is 0 Å². The Morgan fingerprint density at radius 2 is 1.54 bits per heavy atom. The lowest BCUT2D eigenvalue weighted by atomic mass is 9.90. The van der Waals surface area contributed by atoms with E-state index in [0.29, 0.717) is 0 Å². The molecule has 1 aliphatic heterocycles. The van der Waals surface area contributed by atoms with Gasteiger partial charge in [0.2, 0.25) is 0 Å². The van der Waals surface area contributed by atoms with Crippen molar-refractivity contribution in [3.8, 4) is 5.75 Å². The first-order chi connectivity index (χ1) is 13.9. The second kappa shape index (κ2) is 9.75. The zero-order valence-corrected chi connectivity index (χ0v) is 16.7. The van der Waals surface area contributed by atoms with E-state index in [1.807, 2.05) is 0 Å². The number of likely N-dealkylation sites (tertiary alicyclic amines) is 1. The SMILES string of the molecule is c1ccc(CC2CCN(CCCCOc3ccc4ccccc4c3)CC2)cc1. The fourth-order valence-corrected chi connectivity index (χ4v) is 4.25. The first-order valence-corrected chi connectivity index (χ1v) is 10.7. The highest BCUT2D eigenvalue weighted by atomic mass is 16.5. The number of benzene rings is 3. The molecule has 1 fully saturated rings. The summed E-state index contributed by atoms with van der Waals surface area (Å²) in [6, 6.07) is 25.8. The summed E-state index contributed by atoms with van der Waals surface area (Å²) in [5.74, 6) is 1.84. The molecule has 146 valence electrons. The van der Waals surface area contributed by atoms with Crippen molar-refractivity contribution in [2.45, 2.75) is 32.1 Å². The van der Waals surface area contributed by atoms with E-state index in [-0.39, 0.29) is 0 Å². The van der Waals surface area contributed by atoms with Gasteiger partial charge in [0.15, 0.2) is 0 Å². The third-order valence-electron chi connectivity index (χ3n) is 5.93. The topological polar surface area (TPSA) is 12.5 Å². The van der Waals surface area contributed by atoms with E-state index in [1.54, 1.807) is 0 Å². The second-order valence-electron chi connectivity index (χ2n) is 8.04. The van der Waals surface area contributed by atoms with E-state index in [1.165, 1.54) is 61.7 Å². The van der Waals surface area contributed by atoms with Crippen molar-refractivity contribution < 1.29 is 4.74 Å². The molecule has 0 saturated carbocycles. The Bertz CT molecular complexity index is 852. The van der Waals surface area contributed by atoms with Gasteiger partial charge in [-0.3, -0.25) is 0 Å². The Kier molecular flexibility index (Phi) is 6.62. The molecule has 0 bridgehead atoms. The van der Waals surface area contributed by atoms with Crippen LogP contribution in [0.3, 0.4) is 0 Å². The summed E-state index contributed by atoms with van der Waals surface area (Å²) in [6.07, 6.45) is 6.26. The molecule has 0 N–H and O–H groups in total. The van der Waals surface area contributed by atoms with E-state index in [9.17, 15) is 0 Å². The van der Waals surface area contributed by atoms with Crippen LogP contribution in [0.25, 0.3) is 10.8 Å². The fraction of sp³-hybridized carbons (Fsp3) is 0.385. The van der Waals surface area contributed by atoms with Crippen molar-refractivity contribution in [2.75, 3.05) is 26.2 Å². The average molecular weight is 374 g/mol. The molecule has 0 spiro atoms. The Hall–Kier alpha value is -2.32. The smallest absolute Gasteiger partial charge is 0.119 e. The molecule has 0 unspecified atom stereocenters. The van der Waals surface area contributed by atoms with Crippen molar-refractivity contribution in [2.24, 2.45) is 5.92 Å². The normalized spacial score (nSPS) is 15.7. The summed E-state index contributed by atoms with van der Waals surface area (Å²) in [4.78, 5) is 2.64. The van der Waals surface area contributed by atoms with Gasteiger partial charge in [0.1, 0.15) is 5.75 Å². The quantitative estimate of drug-likeness (QED) is 0.452. The minimum Gasteiger partial charge on any atom is -0.494 e. The summed E-state index contributed by atoms with van der Waals surface area (Å²) >= 11 is 0. The predicted molar refractivity (Wildman–Crippen MR) is 118 cm³/mol. The van der Waals surface area contributed by atoms with Crippen LogP contribution in [0.15, 0.2) is 72.8 Å². The highest BCUT2D eigenvalue weighted by Gasteiger charge is 2.18. The van der Waals surface area contributed by atoms with Crippen LogP contribution in [0, 0.1) is 5.92 Å². The summed E-state index contributed by atoms with van der Waals surface area (Å²) in [7, 11) is 0. The Morgan fingerprint density at radius 3 is 2.36 bits per heavy atom. The van der Waals surface area contributed by atoms with Crippen molar-refractivity contribution in [3.05, 3.63) is 78.4 Å². The van der Waals surface area contributed by atoms with Crippen LogP contribution in [0.5, 0.6) is 5.75 Å². The molecule has 3 aromatic carbocycles. The summed E-state index contributed by atoms with van der Waals surface area (Å²) < 4.78 is 5.97. The summed E-state index contributed by atoms with van der Waals surface area (Å²) in [6.45, 7) is 4.52. The second-order valence-corrected chi connectivity index (χ2v) is 8.04. The first kappa shape index (κ1) is 19.0. The van der Waals surface area contributed by atoms with Gasteiger partial charge < -0.3 is 9.64 Å². The average Bonchev–Trinajstić information content (AvgIpc) is 2.75. The predicted octanol–water partition coefficient (Wildman–Crippen LogP) is 5.95. The lowest BCUT2D eigenvalue weighted by Crippen LogP contribution is -2.35. The molecule has 3 aromatic rings. The number of hydrogen-bond donors (Lipinski definition) is 0. The highest BCUT2D eigenvalue weighted by Crippen LogP contribution is 2.22. The number of rotatable bonds is 8. The minimum absolute atomic E-state index is 0.808. The molecule has 1 aliphatic rings. The van der Waals surface area contributed by atoms with Gasteiger partial charge in [0.05, 0.1) is 6.61 Å². The van der Waals surface area contributed by atoms with E-state index in [0.717, 1.165) is 24.7 Å². The van der Waals surface area contributed by atoms with Crippen LogP contribution in [-0.4, -0.2) is 31.1 Å². The zero-order chi connectivity index (χ0) is 19.0. The lowest BCUT2D eigenvalue weighted by molar-refractivity contribution is 0.177. The van der Waals surface area contributed by atoms with Crippen molar-refractivity contribution in [1.29, 1.82) is 0 Å². The fourth-order valence-electron chi connectivity index (χ4n) is 4.25. The van der Waals surface area contributed by atoms with E-state index in [4.69, 9.17) is 4.74 Å². The number of piperidine rings is 1. The molecule has 28 heavy (non-hydrogen) atoms. The molecular formula is C26H31NO. The van der Waals surface area contributed by atoms with Crippen LogP contribution in [0.4, 0.5) is 0 Å². The maximum absolute atomic E-state index is 5.97. The maximum Gasteiger partial charge on any atom is 0.119 e. The van der Waals surface area contributed by atoms with Crippen LogP contribution in [0.2, 0.25) is 0 Å². The minimum atomic E-state index is 0.808. The van der Waals surface area contributed by atoms with E-state index < -0.39 is 0 Å². The summed E-state index contributed by atoms with van der Waals surface area (Å²) in [5, 5.41) is 2.52. The lowest BCUT2D eigenvalue weighted by Gasteiger charge is -2.32. The van der Waals surface area contributed by atoms with Gasteiger partial charge in [-0.2, -0.15) is 0 Å². The molecule has 0 atom stereocenters. The molecule has 1 heterocycles. The van der Waals surface area contributed by atoms with Gasteiger partial charge in [-0.05, 0) is 86.1 Å². The van der Waals surface area contributed by atoms with Crippen molar-refractivity contribution >= 4 is 10.8 Å². The molecule has 0 aromatic heterocycles. The Balaban J connectivity index is 1.11. The largest absolute Gasteiger partial charge is 0.494 e. The molecule has 0 aliphatic carbocycles. The molecule has 2 nitrogen and oxygen atoms in total. The third kappa shape index (κ3) is 5.36. The number of unbranched alkanes of at least 4 members (excludes halogenated alkanes) is 1. The van der Waals surface area contributed by atoms with Crippen LogP contribution in [-0.2, 0) is 6.42 Å². The molecule has 4 rings (SSSR count). The van der Waals surface area contributed by atoms with Crippen molar-refractivity contribution in [1.82, 2.24) is 4.90 Å². The molecule has 2 heteroatoms. The van der Waals surface area contributed by atoms with Gasteiger partial charge in [0, 0.05) is 0 Å². The number of nitrogens with zero attached hydrogens (tertiary/aromatic N) is 1. The van der Waals surface area contributed by atoms with Crippen LogP contribution in [0.1, 0.15) is 31.2 Å². The maximum atomic E-state index is 5.97. The number of fused-ring (bicyclic) bond motifs is 1. The summed E-state index contributed by atoms with van der Waals surface area (Å²) in [5.41, 5.74) is 1.49. The third-order valence-corrected chi connectivity index (χ3v) is 5.93. The van der Waals surface area contributed by atoms with Gasteiger partial charge in [-0.1, -0.05) is 60.7 Å². The Labute approximate surface area is 169 Å². The zero-order valence-electron chi connectivity index (χ0n) is 16.7. The van der Waals surface area contributed by atoms with Gasteiger partial charge in [0.25, 0.3) is 0 Å². The molecule has 0 amide bonds. The van der Waals surface area contributed by atoms with Crippen LogP contribution >= 0.6 is 0 Å². The van der Waals surface area contributed by atoms with E-state index in [2.05, 4.69) is 77.7 Å². The Morgan fingerprint density at radius 1 is 0.786 bits per heavy atom. The highest BCUT2D eigenvalue weighted by molar-refractivity contribution is 5.83. The standard InChI is InChI=1S/C26H31NO/c1-2-8-22(9-3-1)20-23-14-17-27(18-15-23)16-6-7-19-28-26-13-12-24-10-4-5-11-25(24)21-26/h1-5,8-13,21,23H,6-7,14-20H2. The van der Waals surface area contributed by atoms with Crippen LogP contribution < -0.4 is 4.74 Å². The van der Waals surface area contributed by atoms with Gasteiger partial charge in [-0.15, -0.1) is 0 Å². The van der Waals surface area contributed by atoms with Gasteiger partial charge >= 0.3 is 0 Å². The number of ether oxygens (including phenoxy) is 1. The number of hydrogen-bond acceptors (Lipinski definition) is 2. The van der Waals surface area contributed by atoms with Crippen molar-refractivity contribution in [3.63, 3.8) is 0 Å². The molecule has 1 saturated heterocycles. The first-order valence-electron chi connectivity index (χ1n) is 10.7. The molecular weight excluding hydrogens is 342 g/mol. The monoisotopic (exact) mass is 373 g/mol. The van der Waals surface area contributed by atoms with E-state index >= 15 is 0 Å².